The van der Waals surface area contributed by atoms with Crippen LogP contribution in [-0.2, 0) is 6.54 Å². The maximum atomic E-state index is 4.50. The molecule has 5 heteroatoms. The lowest BCUT2D eigenvalue weighted by atomic mass is 9.86. The normalized spacial score (nSPS) is 22.5. The Morgan fingerprint density at radius 1 is 1.36 bits per heavy atom. The third kappa shape index (κ3) is 3.45. The van der Waals surface area contributed by atoms with E-state index in [4.69, 9.17) is 0 Å². The molecule has 2 heterocycles. The summed E-state index contributed by atoms with van der Waals surface area (Å²) in [5.41, 5.74) is 0.596. The summed E-state index contributed by atoms with van der Waals surface area (Å²) in [4.78, 5) is 6.97. The second-order valence-electron chi connectivity index (χ2n) is 7.14. The number of rotatable bonds is 4. The minimum atomic E-state index is 0.527. The molecule has 1 aliphatic carbocycles. The van der Waals surface area contributed by atoms with Gasteiger partial charge in [-0.2, -0.15) is 5.10 Å². The Kier molecular flexibility index (Phi) is 4.69. The fraction of sp³-hybridized carbons (Fsp3) is 0.765. The van der Waals surface area contributed by atoms with Crippen LogP contribution in [0.5, 0.6) is 0 Å². The highest BCUT2D eigenvalue weighted by Crippen LogP contribution is 2.45. The average Bonchev–Trinajstić information content (AvgIpc) is 3.24. The Hall–Kier alpha value is -1.52. The zero-order valence-electron chi connectivity index (χ0n) is 14.0. The summed E-state index contributed by atoms with van der Waals surface area (Å²) in [5, 5.41) is 7.84. The summed E-state index contributed by atoms with van der Waals surface area (Å²) in [6.07, 6.45) is 10.9. The van der Waals surface area contributed by atoms with Crippen molar-refractivity contribution in [1.29, 1.82) is 0 Å². The molecule has 1 spiro atoms. The number of aromatic nitrogens is 2. The van der Waals surface area contributed by atoms with E-state index in [1.54, 1.807) is 0 Å². The quantitative estimate of drug-likeness (QED) is 0.686. The lowest BCUT2D eigenvalue weighted by molar-refractivity contribution is 0.308. The van der Waals surface area contributed by atoms with Crippen molar-refractivity contribution in [1.82, 2.24) is 20.0 Å². The number of aliphatic imine (C=N–C) groups is 1. The van der Waals surface area contributed by atoms with Gasteiger partial charge < -0.3 is 10.2 Å². The molecule has 5 nitrogen and oxygen atoms in total. The van der Waals surface area contributed by atoms with E-state index >= 15 is 0 Å². The summed E-state index contributed by atoms with van der Waals surface area (Å²) in [5.74, 6) is 1.61. The molecule has 0 amide bonds. The monoisotopic (exact) mass is 303 g/mol. The van der Waals surface area contributed by atoms with Crippen molar-refractivity contribution in [3.05, 3.63) is 18.5 Å². The second-order valence-corrected chi connectivity index (χ2v) is 7.14. The molecule has 0 radical (unpaired) electrons. The zero-order valence-corrected chi connectivity index (χ0v) is 14.0. The number of likely N-dealkylation sites (tertiary alicyclic amines) is 1. The molecule has 1 aromatic rings. The van der Waals surface area contributed by atoms with Gasteiger partial charge in [0.1, 0.15) is 0 Å². The lowest BCUT2D eigenvalue weighted by Crippen LogP contribution is -2.43. The summed E-state index contributed by atoms with van der Waals surface area (Å²) >= 11 is 0. The molecular formula is C17H29N5. The van der Waals surface area contributed by atoms with Gasteiger partial charge in [-0.15, -0.1) is 0 Å². The third-order valence-electron chi connectivity index (χ3n) is 5.28. The van der Waals surface area contributed by atoms with Gasteiger partial charge in [-0.1, -0.05) is 19.8 Å². The largest absolute Gasteiger partial charge is 0.356 e. The fourth-order valence-electron chi connectivity index (χ4n) is 4.04. The highest BCUT2D eigenvalue weighted by molar-refractivity contribution is 5.80. The highest BCUT2D eigenvalue weighted by atomic mass is 15.3. The van der Waals surface area contributed by atoms with Crippen molar-refractivity contribution >= 4 is 5.96 Å². The standard InChI is InChI=1S/C17H29N5/c1-15(13-22-10-5-9-20-22)12-19-16(18-2)21-11-8-17(14-21)6-3-4-7-17/h5,9-10,15H,3-4,6-8,11-14H2,1-2H3,(H,18,19). The molecular weight excluding hydrogens is 274 g/mol. The van der Waals surface area contributed by atoms with E-state index in [1.165, 1.54) is 38.6 Å². The van der Waals surface area contributed by atoms with Gasteiger partial charge in [0.15, 0.2) is 5.96 Å². The van der Waals surface area contributed by atoms with Crippen LogP contribution >= 0.6 is 0 Å². The van der Waals surface area contributed by atoms with Crippen LogP contribution in [0.25, 0.3) is 0 Å². The molecule has 1 saturated heterocycles. The Morgan fingerprint density at radius 3 is 2.86 bits per heavy atom. The van der Waals surface area contributed by atoms with Crippen molar-refractivity contribution in [3.8, 4) is 0 Å². The van der Waals surface area contributed by atoms with E-state index in [-0.39, 0.29) is 0 Å². The summed E-state index contributed by atoms with van der Waals surface area (Å²) in [6, 6.07) is 1.98. The number of nitrogens with zero attached hydrogens (tertiary/aromatic N) is 4. The fourth-order valence-corrected chi connectivity index (χ4v) is 4.04. The Labute approximate surface area is 133 Å². The van der Waals surface area contributed by atoms with Crippen LogP contribution < -0.4 is 5.32 Å². The molecule has 1 N–H and O–H groups in total. The number of nitrogens with one attached hydrogen (secondary N) is 1. The van der Waals surface area contributed by atoms with Gasteiger partial charge >= 0.3 is 0 Å². The molecule has 2 aliphatic rings. The lowest BCUT2D eigenvalue weighted by Gasteiger charge is -2.26. The molecule has 1 atom stereocenters. The topological polar surface area (TPSA) is 45.5 Å². The first kappa shape index (κ1) is 15.4. The van der Waals surface area contributed by atoms with Crippen molar-refractivity contribution in [2.24, 2.45) is 16.3 Å². The van der Waals surface area contributed by atoms with E-state index < -0.39 is 0 Å². The van der Waals surface area contributed by atoms with E-state index in [9.17, 15) is 0 Å². The highest BCUT2D eigenvalue weighted by Gasteiger charge is 2.41. The molecule has 122 valence electrons. The smallest absolute Gasteiger partial charge is 0.193 e. The van der Waals surface area contributed by atoms with Gasteiger partial charge in [0.25, 0.3) is 0 Å². The molecule has 1 aromatic heterocycles. The Bertz CT molecular complexity index is 487. The predicted octanol–water partition coefficient (Wildman–Crippen LogP) is 2.36. The number of hydrogen-bond donors (Lipinski definition) is 1. The van der Waals surface area contributed by atoms with Gasteiger partial charge in [0, 0.05) is 45.6 Å². The van der Waals surface area contributed by atoms with Crippen molar-refractivity contribution in [3.63, 3.8) is 0 Å². The number of hydrogen-bond acceptors (Lipinski definition) is 2. The van der Waals surface area contributed by atoms with E-state index in [0.29, 0.717) is 11.3 Å². The molecule has 2 fully saturated rings. The van der Waals surface area contributed by atoms with Crippen LogP contribution in [0.4, 0.5) is 0 Å². The summed E-state index contributed by atoms with van der Waals surface area (Å²) in [7, 11) is 1.90. The molecule has 1 aliphatic heterocycles. The van der Waals surface area contributed by atoms with Gasteiger partial charge in [0.2, 0.25) is 0 Å². The molecule has 0 bridgehead atoms. The van der Waals surface area contributed by atoms with Gasteiger partial charge in [-0.3, -0.25) is 9.67 Å². The molecule has 1 unspecified atom stereocenters. The first-order valence-corrected chi connectivity index (χ1v) is 8.64. The second kappa shape index (κ2) is 6.71. The van der Waals surface area contributed by atoms with E-state index in [1.807, 2.05) is 30.2 Å². The Balaban J connectivity index is 1.48. The molecule has 0 aromatic carbocycles. The summed E-state index contributed by atoms with van der Waals surface area (Å²) < 4.78 is 2.00. The third-order valence-corrected chi connectivity index (χ3v) is 5.28. The Morgan fingerprint density at radius 2 is 2.18 bits per heavy atom. The SMILES string of the molecule is CN=C(NCC(C)Cn1cccn1)N1CCC2(CCCC2)C1. The first-order chi connectivity index (χ1) is 10.7. The molecule has 1 saturated carbocycles. The maximum absolute atomic E-state index is 4.50. The van der Waals surface area contributed by atoms with Crippen molar-refractivity contribution in [2.75, 3.05) is 26.7 Å². The summed E-state index contributed by atoms with van der Waals surface area (Å²) in [6.45, 7) is 6.49. The van der Waals surface area contributed by atoms with Crippen molar-refractivity contribution < 1.29 is 0 Å². The van der Waals surface area contributed by atoms with Gasteiger partial charge in [-0.05, 0) is 36.7 Å². The van der Waals surface area contributed by atoms with E-state index in [2.05, 4.69) is 27.2 Å². The van der Waals surface area contributed by atoms with E-state index in [0.717, 1.165) is 25.6 Å². The van der Waals surface area contributed by atoms with Crippen molar-refractivity contribution in [2.45, 2.75) is 45.6 Å². The van der Waals surface area contributed by atoms with Crippen LogP contribution in [-0.4, -0.2) is 47.3 Å². The van der Waals surface area contributed by atoms with Gasteiger partial charge in [-0.25, -0.2) is 0 Å². The van der Waals surface area contributed by atoms with Gasteiger partial charge in [0.05, 0.1) is 0 Å². The minimum absolute atomic E-state index is 0.527. The predicted molar refractivity (Wildman–Crippen MR) is 89.8 cm³/mol. The number of guanidine groups is 1. The maximum Gasteiger partial charge on any atom is 0.193 e. The molecule has 22 heavy (non-hydrogen) atoms. The average molecular weight is 303 g/mol. The van der Waals surface area contributed by atoms with Crippen LogP contribution in [0.1, 0.15) is 39.0 Å². The van der Waals surface area contributed by atoms with Crippen LogP contribution in [0, 0.1) is 11.3 Å². The van der Waals surface area contributed by atoms with Crippen LogP contribution in [0.3, 0.4) is 0 Å². The first-order valence-electron chi connectivity index (χ1n) is 8.64. The molecule has 3 rings (SSSR count). The minimum Gasteiger partial charge on any atom is -0.356 e. The van der Waals surface area contributed by atoms with Crippen LogP contribution in [0.2, 0.25) is 0 Å². The van der Waals surface area contributed by atoms with Crippen LogP contribution in [0.15, 0.2) is 23.5 Å². The zero-order chi connectivity index (χ0) is 15.4.